The SMILES string of the molecule is Cc1cc(C)cc(N2C(=O)[C@H]3[C@@H](c4ccc(Cl)cc4)OC4(C(=O)c5ccccc5C4=O)[C@H]3C2=O)c1. The maximum absolute atomic E-state index is 14.0. The standard InChI is InChI=1S/C28H20ClNO5/c1-14-11-15(2)13-18(12-14)30-26(33)21-22(27(30)34)28(35-23(21)16-7-9-17(29)10-8-16)24(31)19-5-3-4-6-20(19)25(28)32/h3-13,21-23H,1-2H3/t21-,22-,23-/m1/s1. The first-order chi connectivity index (χ1) is 16.7. The second kappa shape index (κ2) is 7.44. The molecule has 7 heteroatoms. The molecule has 3 aromatic rings. The molecule has 0 N–H and O–H groups in total. The number of hydrogen-bond acceptors (Lipinski definition) is 5. The molecule has 3 aliphatic rings. The lowest BCUT2D eigenvalue weighted by Gasteiger charge is -2.27. The number of amides is 2. The number of rotatable bonds is 2. The quantitative estimate of drug-likeness (QED) is 0.390. The summed E-state index contributed by atoms with van der Waals surface area (Å²) in [7, 11) is 0. The molecule has 2 saturated heterocycles. The van der Waals surface area contributed by atoms with Gasteiger partial charge in [-0.1, -0.05) is 54.1 Å². The maximum Gasteiger partial charge on any atom is 0.241 e. The van der Waals surface area contributed by atoms with Crippen molar-refractivity contribution in [3.05, 3.63) is 99.6 Å². The Hall–Kier alpha value is -3.61. The molecule has 1 aliphatic carbocycles. The Bertz CT molecular complexity index is 1410. The third-order valence-corrected chi connectivity index (χ3v) is 7.43. The molecule has 35 heavy (non-hydrogen) atoms. The number of carbonyl (C=O) groups is 4. The highest BCUT2D eigenvalue weighted by Gasteiger charge is 2.74. The van der Waals surface area contributed by atoms with Crippen molar-refractivity contribution in [2.24, 2.45) is 11.8 Å². The van der Waals surface area contributed by atoms with Crippen LogP contribution in [0.1, 0.15) is 43.5 Å². The van der Waals surface area contributed by atoms with E-state index < -0.39 is 46.9 Å². The van der Waals surface area contributed by atoms with Gasteiger partial charge >= 0.3 is 0 Å². The summed E-state index contributed by atoms with van der Waals surface area (Å²) >= 11 is 6.06. The van der Waals surface area contributed by atoms with Crippen LogP contribution in [0.5, 0.6) is 0 Å². The van der Waals surface area contributed by atoms with Crippen molar-refractivity contribution in [3.8, 4) is 0 Å². The molecule has 0 unspecified atom stereocenters. The van der Waals surface area contributed by atoms with Crippen molar-refractivity contribution in [1.29, 1.82) is 0 Å². The molecule has 6 rings (SSSR count). The van der Waals surface area contributed by atoms with Crippen LogP contribution in [-0.2, 0) is 14.3 Å². The molecule has 6 nitrogen and oxygen atoms in total. The zero-order valence-corrected chi connectivity index (χ0v) is 19.7. The zero-order valence-electron chi connectivity index (χ0n) is 18.9. The van der Waals surface area contributed by atoms with Gasteiger partial charge in [-0.3, -0.25) is 19.2 Å². The number of Topliss-reactive ketones (excluding diaryl/α,β-unsaturated/α-hetero) is 2. The van der Waals surface area contributed by atoms with Crippen molar-refractivity contribution in [3.63, 3.8) is 0 Å². The fraction of sp³-hybridized carbons (Fsp3) is 0.214. The van der Waals surface area contributed by atoms with E-state index >= 15 is 0 Å². The monoisotopic (exact) mass is 485 g/mol. The van der Waals surface area contributed by atoms with Gasteiger partial charge in [-0.15, -0.1) is 0 Å². The summed E-state index contributed by atoms with van der Waals surface area (Å²) in [6.07, 6.45) is -0.966. The van der Waals surface area contributed by atoms with E-state index in [1.54, 1.807) is 60.7 Å². The fourth-order valence-electron chi connectivity index (χ4n) is 5.80. The highest BCUT2D eigenvalue weighted by Crippen LogP contribution is 2.57. The fourth-order valence-corrected chi connectivity index (χ4v) is 5.93. The first kappa shape index (κ1) is 21.9. The minimum atomic E-state index is -2.08. The van der Waals surface area contributed by atoms with E-state index in [0.717, 1.165) is 16.0 Å². The van der Waals surface area contributed by atoms with Crippen molar-refractivity contribution >= 4 is 40.7 Å². The molecule has 2 fully saturated rings. The smallest absolute Gasteiger partial charge is 0.241 e. The van der Waals surface area contributed by atoms with Crippen molar-refractivity contribution in [1.82, 2.24) is 0 Å². The van der Waals surface area contributed by atoms with Gasteiger partial charge in [0, 0.05) is 16.1 Å². The van der Waals surface area contributed by atoms with Crippen LogP contribution in [-0.4, -0.2) is 29.0 Å². The lowest BCUT2D eigenvalue weighted by atomic mass is 9.77. The van der Waals surface area contributed by atoms with Gasteiger partial charge < -0.3 is 4.74 Å². The highest BCUT2D eigenvalue weighted by atomic mass is 35.5. The van der Waals surface area contributed by atoms with E-state index in [9.17, 15) is 19.2 Å². The molecular weight excluding hydrogens is 466 g/mol. The predicted molar refractivity (Wildman–Crippen MR) is 129 cm³/mol. The summed E-state index contributed by atoms with van der Waals surface area (Å²) in [5.74, 6) is -4.55. The maximum atomic E-state index is 14.0. The Morgan fingerprint density at radius 2 is 1.37 bits per heavy atom. The number of ketones is 2. The predicted octanol–water partition coefficient (Wildman–Crippen LogP) is 4.65. The Kier molecular flexibility index (Phi) is 4.66. The Labute approximate surface area is 206 Å². The van der Waals surface area contributed by atoms with E-state index in [0.29, 0.717) is 16.3 Å². The lowest BCUT2D eigenvalue weighted by molar-refractivity contribution is -0.127. The highest BCUT2D eigenvalue weighted by molar-refractivity contribution is 6.37. The van der Waals surface area contributed by atoms with Crippen LogP contribution >= 0.6 is 11.6 Å². The molecule has 0 saturated carbocycles. The third kappa shape index (κ3) is 2.87. The number of anilines is 1. The molecule has 0 bridgehead atoms. The number of halogens is 1. The number of hydrogen-bond donors (Lipinski definition) is 0. The Morgan fingerprint density at radius 1 is 0.800 bits per heavy atom. The second-order valence-corrected chi connectivity index (χ2v) is 9.83. The van der Waals surface area contributed by atoms with Crippen LogP contribution < -0.4 is 4.90 Å². The zero-order chi connectivity index (χ0) is 24.6. The Morgan fingerprint density at radius 3 is 1.94 bits per heavy atom. The summed E-state index contributed by atoms with van der Waals surface area (Å²) in [5, 5.41) is 0.490. The Balaban J connectivity index is 1.55. The van der Waals surface area contributed by atoms with Crippen molar-refractivity contribution in [2.75, 3.05) is 4.90 Å². The van der Waals surface area contributed by atoms with Gasteiger partial charge in [-0.2, -0.15) is 0 Å². The van der Waals surface area contributed by atoms with Crippen LogP contribution in [0.2, 0.25) is 5.02 Å². The summed E-state index contributed by atoms with van der Waals surface area (Å²) < 4.78 is 6.27. The molecule has 0 aromatic heterocycles. The summed E-state index contributed by atoms with van der Waals surface area (Å²) in [6, 6.07) is 18.6. The van der Waals surface area contributed by atoms with Gasteiger partial charge in [0.15, 0.2) is 0 Å². The van der Waals surface area contributed by atoms with Crippen LogP contribution in [0.25, 0.3) is 0 Å². The summed E-state index contributed by atoms with van der Waals surface area (Å²) in [5.41, 5.74) is 1.10. The second-order valence-electron chi connectivity index (χ2n) is 9.39. The topological polar surface area (TPSA) is 80.8 Å². The van der Waals surface area contributed by atoms with Gasteiger partial charge in [-0.05, 0) is 54.8 Å². The van der Waals surface area contributed by atoms with Gasteiger partial charge in [0.25, 0.3) is 0 Å². The number of nitrogens with zero attached hydrogens (tertiary/aromatic N) is 1. The molecule has 2 aliphatic heterocycles. The van der Waals surface area contributed by atoms with E-state index in [4.69, 9.17) is 16.3 Å². The van der Waals surface area contributed by atoms with Gasteiger partial charge in [0.2, 0.25) is 29.0 Å². The van der Waals surface area contributed by atoms with Gasteiger partial charge in [-0.25, -0.2) is 4.90 Å². The largest absolute Gasteiger partial charge is 0.349 e. The molecule has 2 heterocycles. The third-order valence-electron chi connectivity index (χ3n) is 7.18. The number of ether oxygens (including phenoxy) is 1. The van der Waals surface area contributed by atoms with Crippen molar-refractivity contribution in [2.45, 2.75) is 25.6 Å². The first-order valence-corrected chi connectivity index (χ1v) is 11.7. The van der Waals surface area contributed by atoms with Crippen LogP contribution in [0.15, 0.2) is 66.7 Å². The first-order valence-electron chi connectivity index (χ1n) is 11.3. The summed E-state index contributed by atoms with van der Waals surface area (Å²) in [6.45, 7) is 3.76. The van der Waals surface area contributed by atoms with Crippen LogP contribution in [0, 0.1) is 25.7 Å². The molecule has 0 radical (unpaired) electrons. The number of fused-ring (bicyclic) bond motifs is 3. The molecule has 3 atom stereocenters. The van der Waals surface area contributed by atoms with E-state index in [-0.39, 0.29) is 11.1 Å². The molecular formula is C28H20ClNO5. The number of aryl methyl sites for hydroxylation is 2. The molecule has 1 spiro atoms. The molecule has 174 valence electrons. The normalized spacial score (nSPS) is 24.4. The minimum Gasteiger partial charge on any atom is -0.349 e. The van der Waals surface area contributed by atoms with Gasteiger partial charge in [0.1, 0.15) is 0 Å². The molecule has 3 aromatic carbocycles. The van der Waals surface area contributed by atoms with E-state index in [2.05, 4.69) is 0 Å². The average Bonchev–Trinajstić information content (AvgIpc) is 3.39. The van der Waals surface area contributed by atoms with Crippen LogP contribution in [0.3, 0.4) is 0 Å². The molecule has 2 amide bonds. The van der Waals surface area contributed by atoms with E-state index in [1.165, 1.54) is 0 Å². The number of carbonyl (C=O) groups excluding carboxylic acids is 4. The lowest BCUT2D eigenvalue weighted by Crippen LogP contribution is -2.51. The van der Waals surface area contributed by atoms with E-state index in [1.807, 2.05) is 19.9 Å². The number of benzene rings is 3. The minimum absolute atomic E-state index is 0.207. The summed E-state index contributed by atoms with van der Waals surface area (Å²) in [4.78, 5) is 56.5. The average molecular weight is 486 g/mol. The number of imide groups is 1. The van der Waals surface area contributed by atoms with Crippen LogP contribution in [0.4, 0.5) is 5.69 Å². The van der Waals surface area contributed by atoms with Crippen molar-refractivity contribution < 1.29 is 23.9 Å². The van der Waals surface area contributed by atoms with Gasteiger partial charge in [0.05, 0.1) is 23.6 Å².